The van der Waals surface area contributed by atoms with E-state index in [2.05, 4.69) is 5.32 Å². The first-order valence-corrected chi connectivity index (χ1v) is 6.89. The van der Waals surface area contributed by atoms with Gasteiger partial charge in [-0.05, 0) is 41.6 Å². The van der Waals surface area contributed by atoms with Crippen molar-refractivity contribution in [3.63, 3.8) is 0 Å². The number of aromatic hydroxyl groups is 1. The molecule has 2 rings (SSSR count). The summed E-state index contributed by atoms with van der Waals surface area (Å²) < 4.78 is 0. The summed E-state index contributed by atoms with van der Waals surface area (Å²) in [6, 6.07) is 10.9. The van der Waals surface area contributed by atoms with Crippen LogP contribution in [0.5, 0.6) is 5.75 Å². The van der Waals surface area contributed by atoms with Gasteiger partial charge in [-0.3, -0.25) is 4.79 Å². The van der Waals surface area contributed by atoms with Crippen LogP contribution in [-0.4, -0.2) is 17.6 Å². The van der Waals surface area contributed by atoms with Crippen LogP contribution in [0.4, 0.5) is 0 Å². The van der Waals surface area contributed by atoms with E-state index < -0.39 is 0 Å². The normalized spacial score (nSPS) is 10.7. The van der Waals surface area contributed by atoms with Crippen molar-refractivity contribution in [2.75, 3.05) is 6.54 Å². The predicted molar refractivity (Wildman–Crippen MR) is 78.2 cm³/mol. The summed E-state index contributed by atoms with van der Waals surface area (Å²) in [5.41, 5.74) is 1.08. The number of phenols is 1. The quantitative estimate of drug-likeness (QED) is 0.823. The van der Waals surface area contributed by atoms with Crippen molar-refractivity contribution >= 4 is 23.3 Å². The zero-order valence-electron chi connectivity index (χ0n) is 10.4. The van der Waals surface area contributed by atoms with E-state index in [0.29, 0.717) is 6.54 Å². The van der Waals surface area contributed by atoms with E-state index in [9.17, 15) is 4.79 Å². The summed E-state index contributed by atoms with van der Waals surface area (Å²) >= 11 is 1.60. The molecule has 1 heterocycles. The first-order valence-electron chi connectivity index (χ1n) is 6.01. The fraction of sp³-hybridized carbons (Fsp3) is 0.133. The van der Waals surface area contributed by atoms with E-state index in [0.717, 1.165) is 16.9 Å². The van der Waals surface area contributed by atoms with Crippen molar-refractivity contribution in [2.45, 2.75) is 6.42 Å². The molecule has 0 aliphatic carbocycles. The lowest BCUT2D eigenvalue weighted by molar-refractivity contribution is -0.116. The molecule has 0 aliphatic heterocycles. The van der Waals surface area contributed by atoms with Crippen molar-refractivity contribution in [3.05, 3.63) is 58.3 Å². The highest BCUT2D eigenvalue weighted by Gasteiger charge is 1.97. The zero-order chi connectivity index (χ0) is 13.5. The summed E-state index contributed by atoms with van der Waals surface area (Å²) in [4.78, 5) is 12.6. The number of hydrogen-bond donors (Lipinski definition) is 2. The number of benzene rings is 1. The second-order valence-electron chi connectivity index (χ2n) is 4.06. The van der Waals surface area contributed by atoms with Gasteiger partial charge >= 0.3 is 0 Å². The Kier molecular flexibility index (Phi) is 4.75. The van der Waals surface area contributed by atoms with Crippen LogP contribution >= 0.6 is 11.3 Å². The first kappa shape index (κ1) is 13.4. The van der Waals surface area contributed by atoms with E-state index in [1.807, 2.05) is 29.6 Å². The second kappa shape index (κ2) is 6.75. The summed E-state index contributed by atoms with van der Waals surface area (Å²) in [5.74, 6) is 0.166. The topological polar surface area (TPSA) is 49.3 Å². The number of thiophene rings is 1. The van der Waals surface area contributed by atoms with Gasteiger partial charge < -0.3 is 10.4 Å². The molecule has 3 nitrogen and oxygen atoms in total. The Morgan fingerprint density at radius 2 is 2.05 bits per heavy atom. The Labute approximate surface area is 116 Å². The molecule has 1 aromatic carbocycles. The van der Waals surface area contributed by atoms with Crippen molar-refractivity contribution in [2.24, 2.45) is 0 Å². The van der Waals surface area contributed by atoms with Crippen LogP contribution in [0.2, 0.25) is 0 Å². The van der Waals surface area contributed by atoms with Gasteiger partial charge in [0.15, 0.2) is 0 Å². The molecule has 1 aromatic heterocycles. The largest absolute Gasteiger partial charge is 0.508 e. The molecule has 0 spiro atoms. The van der Waals surface area contributed by atoms with Gasteiger partial charge in [0.2, 0.25) is 5.91 Å². The van der Waals surface area contributed by atoms with Gasteiger partial charge in [-0.2, -0.15) is 0 Å². The Morgan fingerprint density at radius 1 is 1.26 bits per heavy atom. The third kappa shape index (κ3) is 4.60. The third-order valence-electron chi connectivity index (χ3n) is 2.59. The number of nitrogens with one attached hydrogen (secondary N) is 1. The standard InChI is InChI=1S/C15H15NO2S/c17-13-5-3-12(4-6-13)9-10-16-15(18)8-7-14-2-1-11-19-14/h1-8,11,17H,9-10H2,(H,16,18)/b8-7+. The number of hydrogen-bond acceptors (Lipinski definition) is 3. The molecular weight excluding hydrogens is 258 g/mol. The average molecular weight is 273 g/mol. The molecule has 1 amide bonds. The molecule has 0 saturated heterocycles. The van der Waals surface area contributed by atoms with Crippen LogP contribution in [0.1, 0.15) is 10.4 Å². The molecule has 0 bridgehead atoms. The minimum absolute atomic E-state index is 0.0906. The Balaban J connectivity index is 1.73. The maximum absolute atomic E-state index is 11.5. The number of carbonyl (C=O) groups is 1. The lowest BCUT2D eigenvalue weighted by atomic mass is 10.1. The highest BCUT2D eigenvalue weighted by molar-refractivity contribution is 7.10. The van der Waals surface area contributed by atoms with E-state index in [-0.39, 0.29) is 11.7 Å². The molecule has 0 unspecified atom stereocenters. The lowest BCUT2D eigenvalue weighted by Gasteiger charge is -2.02. The molecule has 4 heteroatoms. The molecule has 98 valence electrons. The van der Waals surface area contributed by atoms with Crippen LogP contribution in [0.3, 0.4) is 0 Å². The summed E-state index contributed by atoms with van der Waals surface area (Å²) in [6.45, 7) is 0.582. The van der Waals surface area contributed by atoms with E-state index in [1.165, 1.54) is 0 Å². The second-order valence-corrected chi connectivity index (χ2v) is 5.04. The summed E-state index contributed by atoms with van der Waals surface area (Å²) in [5, 5.41) is 14.0. The third-order valence-corrected chi connectivity index (χ3v) is 3.43. The van der Waals surface area contributed by atoms with Gasteiger partial charge in [0.05, 0.1) is 0 Å². The average Bonchev–Trinajstić information content (AvgIpc) is 2.92. The minimum atomic E-state index is -0.0906. The van der Waals surface area contributed by atoms with Crippen molar-refractivity contribution < 1.29 is 9.90 Å². The molecule has 0 atom stereocenters. The smallest absolute Gasteiger partial charge is 0.244 e. The van der Waals surface area contributed by atoms with Gasteiger partial charge in [0, 0.05) is 17.5 Å². The summed E-state index contributed by atoms with van der Waals surface area (Å²) in [6.07, 6.45) is 4.10. The van der Waals surface area contributed by atoms with E-state index in [1.54, 1.807) is 35.6 Å². The van der Waals surface area contributed by atoms with Crippen molar-refractivity contribution in [1.29, 1.82) is 0 Å². The van der Waals surface area contributed by atoms with Gasteiger partial charge in [0.25, 0.3) is 0 Å². The van der Waals surface area contributed by atoms with Crippen LogP contribution in [0, 0.1) is 0 Å². The predicted octanol–water partition coefficient (Wildman–Crippen LogP) is 2.83. The van der Waals surface area contributed by atoms with Crippen molar-refractivity contribution in [1.82, 2.24) is 5.32 Å². The molecule has 0 fully saturated rings. The molecule has 0 aliphatic rings. The van der Waals surface area contributed by atoms with Crippen molar-refractivity contribution in [3.8, 4) is 5.75 Å². The Morgan fingerprint density at radius 3 is 2.74 bits per heavy atom. The number of amides is 1. The first-order chi connectivity index (χ1) is 9.24. The van der Waals surface area contributed by atoms with Gasteiger partial charge in [0.1, 0.15) is 5.75 Å². The number of phenolic OH excluding ortho intramolecular Hbond substituents is 1. The molecule has 0 saturated carbocycles. The van der Waals surface area contributed by atoms with Crippen LogP contribution in [0.15, 0.2) is 47.9 Å². The molecule has 0 radical (unpaired) electrons. The van der Waals surface area contributed by atoms with Crippen LogP contribution < -0.4 is 5.32 Å². The van der Waals surface area contributed by atoms with E-state index in [4.69, 9.17) is 5.11 Å². The minimum Gasteiger partial charge on any atom is -0.508 e. The Bertz CT molecular complexity index is 544. The fourth-order valence-corrected chi connectivity index (χ4v) is 2.21. The lowest BCUT2D eigenvalue weighted by Crippen LogP contribution is -2.23. The maximum atomic E-state index is 11.5. The Hall–Kier alpha value is -2.07. The van der Waals surface area contributed by atoms with E-state index >= 15 is 0 Å². The van der Waals surface area contributed by atoms with Crippen LogP contribution in [-0.2, 0) is 11.2 Å². The number of carbonyl (C=O) groups excluding carboxylic acids is 1. The maximum Gasteiger partial charge on any atom is 0.244 e. The van der Waals surface area contributed by atoms with Gasteiger partial charge in [-0.1, -0.05) is 18.2 Å². The van der Waals surface area contributed by atoms with Gasteiger partial charge in [-0.15, -0.1) is 11.3 Å². The molecule has 19 heavy (non-hydrogen) atoms. The molecule has 2 aromatic rings. The monoisotopic (exact) mass is 273 g/mol. The highest BCUT2D eigenvalue weighted by atomic mass is 32.1. The molecule has 2 N–H and O–H groups in total. The highest BCUT2D eigenvalue weighted by Crippen LogP contribution is 2.10. The number of rotatable bonds is 5. The molecular formula is C15H15NO2S. The van der Waals surface area contributed by atoms with Gasteiger partial charge in [-0.25, -0.2) is 0 Å². The SMILES string of the molecule is O=C(/C=C/c1cccs1)NCCc1ccc(O)cc1. The zero-order valence-corrected chi connectivity index (χ0v) is 11.2. The van der Waals surface area contributed by atoms with Crippen LogP contribution in [0.25, 0.3) is 6.08 Å². The summed E-state index contributed by atoms with van der Waals surface area (Å²) in [7, 11) is 0. The fourth-order valence-electron chi connectivity index (χ4n) is 1.60.